The first-order valence-corrected chi connectivity index (χ1v) is 7.55. The monoisotopic (exact) mass is 298 g/mol. The van der Waals surface area contributed by atoms with Crippen LogP contribution in [0.3, 0.4) is 0 Å². The summed E-state index contributed by atoms with van der Waals surface area (Å²) in [6.45, 7) is 8.82. The maximum Gasteiger partial charge on any atom is 0.141 e. The molecule has 1 saturated carbocycles. The number of hydrogen-bond donors (Lipinski definition) is 1. The van der Waals surface area contributed by atoms with Gasteiger partial charge in [-0.05, 0) is 47.8 Å². The average Bonchev–Trinajstić information content (AvgIpc) is 2.17. The van der Waals surface area contributed by atoms with E-state index in [0.717, 1.165) is 24.8 Å². The Morgan fingerprint density at radius 1 is 1.10 bits per heavy atom. The van der Waals surface area contributed by atoms with Gasteiger partial charge in [-0.15, -0.1) is 0 Å². The number of benzene rings is 1. The van der Waals surface area contributed by atoms with Crippen LogP contribution in [0.2, 0.25) is 5.02 Å². The summed E-state index contributed by atoms with van der Waals surface area (Å²) >= 11 is 5.83. The van der Waals surface area contributed by atoms with Crippen molar-refractivity contribution in [2.75, 3.05) is 0 Å². The van der Waals surface area contributed by atoms with Crippen molar-refractivity contribution in [3.05, 3.63) is 34.6 Å². The quantitative estimate of drug-likeness (QED) is 0.815. The highest BCUT2D eigenvalue weighted by molar-refractivity contribution is 6.30. The van der Waals surface area contributed by atoms with Crippen LogP contribution in [-0.4, -0.2) is 10.7 Å². The van der Waals surface area contributed by atoms with E-state index in [9.17, 15) is 9.50 Å². The fourth-order valence-electron chi connectivity index (χ4n) is 4.42. The molecule has 0 bridgehead atoms. The summed E-state index contributed by atoms with van der Waals surface area (Å²) in [6.07, 6.45) is 3.16. The van der Waals surface area contributed by atoms with Gasteiger partial charge in [0.25, 0.3) is 0 Å². The van der Waals surface area contributed by atoms with Crippen molar-refractivity contribution in [1.29, 1.82) is 0 Å². The molecule has 1 aliphatic carbocycles. The van der Waals surface area contributed by atoms with E-state index in [4.69, 9.17) is 11.6 Å². The van der Waals surface area contributed by atoms with E-state index >= 15 is 0 Å². The van der Waals surface area contributed by atoms with Gasteiger partial charge in [0.1, 0.15) is 5.82 Å². The summed E-state index contributed by atoms with van der Waals surface area (Å²) in [5.74, 6) is -0.410. The molecule has 0 unspecified atom stereocenters. The lowest BCUT2D eigenvalue weighted by molar-refractivity contribution is -0.0851. The number of halogens is 2. The van der Waals surface area contributed by atoms with Crippen molar-refractivity contribution >= 4 is 11.6 Å². The fourth-order valence-corrected chi connectivity index (χ4v) is 4.62. The van der Waals surface area contributed by atoms with E-state index in [2.05, 4.69) is 27.7 Å². The van der Waals surface area contributed by atoms with Crippen molar-refractivity contribution in [1.82, 2.24) is 0 Å². The van der Waals surface area contributed by atoms with E-state index in [0.29, 0.717) is 6.42 Å². The van der Waals surface area contributed by atoms with Crippen LogP contribution in [0.15, 0.2) is 18.2 Å². The molecule has 20 heavy (non-hydrogen) atoms. The molecular formula is C17H24ClFO. The predicted molar refractivity (Wildman–Crippen MR) is 81.5 cm³/mol. The molecule has 1 fully saturated rings. The van der Waals surface area contributed by atoms with Crippen molar-refractivity contribution < 1.29 is 9.50 Å². The Labute approximate surface area is 126 Å². The van der Waals surface area contributed by atoms with E-state index in [1.807, 2.05) is 0 Å². The summed E-state index contributed by atoms with van der Waals surface area (Å²) in [5.41, 5.74) is 0.375. The lowest BCUT2D eigenvalue weighted by Crippen LogP contribution is -2.47. The topological polar surface area (TPSA) is 20.2 Å². The number of rotatable bonds is 2. The second-order valence-electron chi connectivity index (χ2n) is 8.01. The van der Waals surface area contributed by atoms with Crippen molar-refractivity contribution in [3.8, 4) is 0 Å². The lowest BCUT2D eigenvalue weighted by atomic mass is 9.58. The highest BCUT2D eigenvalue weighted by Gasteiger charge is 2.46. The van der Waals surface area contributed by atoms with Crippen LogP contribution in [-0.2, 0) is 6.42 Å². The van der Waals surface area contributed by atoms with Crippen LogP contribution in [0.1, 0.15) is 52.5 Å². The summed E-state index contributed by atoms with van der Waals surface area (Å²) in [5, 5.41) is 11.1. The molecule has 0 heterocycles. The summed E-state index contributed by atoms with van der Waals surface area (Å²) in [4.78, 5) is 0. The zero-order valence-electron chi connectivity index (χ0n) is 12.8. The smallest absolute Gasteiger partial charge is 0.141 e. The zero-order chi connectivity index (χ0) is 15.2. The SMILES string of the molecule is CC1(C)CC(C)(C)CC(O)(Cc2ccc(F)c(Cl)c2)C1. The largest absolute Gasteiger partial charge is 0.390 e. The van der Waals surface area contributed by atoms with Gasteiger partial charge in [-0.2, -0.15) is 0 Å². The van der Waals surface area contributed by atoms with Crippen molar-refractivity contribution in [2.45, 2.75) is 59.0 Å². The maximum absolute atomic E-state index is 13.2. The predicted octanol–water partition coefficient (Wildman–Crippen LogP) is 4.99. The second-order valence-corrected chi connectivity index (χ2v) is 8.42. The van der Waals surface area contributed by atoms with Gasteiger partial charge in [-0.3, -0.25) is 0 Å². The van der Waals surface area contributed by atoms with E-state index in [1.54, 1.807) is 12.1 Å². The first kappa shape index (κ1) is 15.8. The molecule has 3 heteroatoms. The van der Waals surface area contributed by atoms with E-state index < -0.39 is 11.4 Å². The normalized spacial score (nSPS) is 23.6. The van der Waals surface area contributed by atoms with Crippen LogP contribution >= 0.6 is 11.6 Å². The number of hydrogen-bond acceptors (Lipinski definition) is 1. The van der Waals surface area contributed by atoms with E-state index in [-0.39, 0.29) is 15.9 Å². The summed E-state index contributed by atoms with van der Waals surface area (Å²) in [7, 11) is 0. The Kier molecular flexibility index (Phi) is 3.94. The fraction of sp³-hybridized carbons (Fsp3) is 0.647. The van der Waals surface area contributed by atoms with Gasteiger partial charge in [0, 0.05) is 6.42 Å². The first-order chi connectivity index (χ1) is 9.00. The third-order valence-corrected chi connectivity index (χ3v) is 4.38. The van der Waals surface area contributed by atoms with Crippen molar-refractivity contribution in [3.63, 3.8) is 0 Å². The van der Waals surface area contributed by atoms with Gasteiger partial charge in [0.2, 0.25) is 0 Å². The first-order valence-electron chi connectivity index (χ1n) is 7.17. The molecule has 0 spiro atoms. The lowest BCUT2D eigenvalue weighted by Gasteiger charge is -2.49. The summed E-state index contributed by atoms with van der Waals surface area (Å²) in [6, 6.07) is 4.72. The van der Waals surface area contributed by atoms with Crippen LogP contribution in [0, 0.1) is 16.6 Å². The Balaban J connectivity index is 2.23. The molecule has 112 valence electrons. The molecule has 1 aromatic carbocycles. The molecule has 0 radical (unpaired) electrons. The zero-order valence-corrected chi connectivity index (χ0v) is 13.5. The van der Waals surface area contributed by atoms with Gasteiger partial charge in [0.05, 0.1) is 10.6 Å². The Hall–Kier alpha value is -0.600. The van der Waals surface area contributed by atoms with Crippen LogP contribution in [0.25, 0.3) is 0 Å². The minimum atomic E-state index is -0.744. The average molecular weight is 299 g/mol. The molecule has 1 N–H and O–H groups in total. The maximum atomic E-state index is 13.2. The Bertz CT molecular complexity index is 492. The standard InChI is InChI=1S/C17H24ClFO/c1-15(2)9-16(3,4)11-17(20,10-15)8-12-5-6-14(19)13(18)7-12/h5-7,20H,8-11H2,1-4H3. The van der Waals surface area contributed by atoms with Gasteiger partial charge in [-0.25, -0.2) is 4.39 Å². The highest BCUT2D eigenvalue weighted by Crippen LogP contribution is 2.51. The third-order valence-electron chi connectivity index (χ3n) is 4.09. The van der Waals surface area contributed by atoms with Gasteiger partial charge in [0.15, 0.2) is 0 Å². The molecule has 0 saturated heterocycles. The summed E-state index contributed by atoms with van der Waals surface area (Å²) < 4.78 is 13.2. The minimum Gasteiger partial charge on any atom is -0.390 e. The van der Waals surface area contributed by atoms with Crippen LogP contribution in [0.5, 0.6) is 0 Å². The van der Waals surface area contributed by atoms with Crippen LogP contribution < -0.4 is 0 Å². The third kappa shape index (κ3) is 3.73. The molecular weight excluding hydrogens is 275 g/mol. The van der Waals surface area contributed by atoms with Gasteiger partial charge < -0.3 is 5.11 Å². The molecule has 1 aromatic rings. The molecule has 0 amide bonds. The molecule has 1 aliphatic rings. The Morgan fingerprint density at radius 3 is 2.15 bits per heavy atom. The molecule has 0 aliphatic heterocycles. The van der Waals surface area contributed by atoms with Crippen molar-refractivity contribution in [2.24, 2.45) is 10.8 Å². The number of aliphatic hydroxyl groups is 1. The molecule has 2 rings (SSSR count). The van der Waals surface area contributed by atoms with Gasteiger partial charge >= 0.3 is 0 Å². The van der Waals surface area contributed by atoms with E-state index in [1.165, 1.54) is 6.07 Å². The molecule has 0 aromatic heterocycles. The molecule has 1 nitrogen and oxygen atoms in total. The highest BCUT2D eigenvalue weighted by atomic mass is 35.5. The van der Waals surface area contributed by atoms with Gasteiger partial charge in [-0.1, -0.05) is 45.4 Å². The minimum absolute atomic E-state index is 0.111. The Morgan fingerprint density at radius 2 is 1.65 bits per heavy atom. The molecule has 0 atom stereocenters. The van der Waals surface area contributed by atoms with Crippen LogP contribution in [0.4, 0.5) is 4.39 Å². The second kappa shape index (κ2) is 4.99.